The fourth-order valence-electron chi connectivity index (χ4n) is 3.23. The molecule has 0 saturated carbocycles. The molecule has 0 spiro atoms. The molecule has 1 unspecified atom stereocenters. The van der Waals surface area contributed by atoms with Crippen molar-refractivity contribution >= 4 is 22.8 Å². The number of nitrogens with zero attached hydrogens (tertiary/aromatic N) is 4. The molecule has 4 rings (SSSR count). The molecule has 7 heteroatoms. The Labute approximate surface area is 173 Å². The van der Waals surface area contributed by atoms with Gasteiger partial charge >= 0.3 is 0 Å². The van der Waals surface area contributed by atoms with Gasteiger partial charge in [0.05, 0.1) is 18.5 Å². The van der Waals surface area contributed by atoms with Crippen molar-refractivity contribution in [2.75, 3.05) is 7.11 Å². The Kier molecular flexibility index (Phi) is 5.51. The van der Waals surface area contributed by atoms with Gasteiger partial charge in [-0.2, -0.15) is 5.10 Å². The van der Waals surface area contributed by atoms with Gasteiger partial charge in [-0.05, 0) is 30.2 Å². The molecule has 0 aliphatic rings. The number of methoxy groups -OCH3 is 1. The summed E-state index contributed by atoms with van der Waals surface area (Å²) in [6.07, 6.45) is 1.58. The lowest BCUT2D eigenvalue weighted by Crippen LogP contribution is -2.22. The second-order valence-electron chi connectivity index (χ2n) is 6.81. The number of fused-ring (bicyclic) bond motifs is 1. The fourth-order valence-corrected chi connectivity index (χ4v) is 4.27. The predicted octanol–water partition coefficient (Wildman–Crippen LogP) is 4.12. The predicted molar refractivity (Wildman–Crippen MR) is 116 cm³/mol. The van der Waals surface area contributed by atoms with Crippen LogP contribution in [0.5, 0.6) is 0 Å². The van der Waals surface area contributed by atoms with E-state index in [1.807, 2.05) is 42.5 Å². The van der Waals surface area contributed by atoms with Gasteiger partial charge in [0.1, 0.15) is 5.39 Å². The fraction of sp³-hybridized carbons (Fsp3) is 0.227. The zero-order valence-corrected chi connectivity index (χ0v) is 17.4. The van der Waals surface area contributed by atoms with E-state index < -0.39 is 0 Å². The number of rotatable bonds is 6. The molecule has 6 nitrogen and oxygen atoms in total. The molecule has 0 saturated heterocycles. The van der Waals surface area contributed by atoms with Gasteiger partial charge in [0.15, 0.2) is 10.8 Å². The Morgan fingerprint density at radius 3 is 2.52 bits per heavy atom. The van der Waals surface area contributed by atoms with Gasteiger partial charge in [-0.25, -0.2) is 4.98 Å². The van der Waals surface area contributed by atoms with Crippen molar-refractivity contribution in [3.63, 3.8) is 0 Å². The molecule has 0 bridgehead atoms. The second-order valence-corrected chi connectivity index (χ2v) is 8.12. The van der Waals surface area contributed by atoms with Crippen LogP contribution in [0, 0.1) is 0 Å². The minimum absolute atomic E-state index is 0.120. The average Bonchev–Trinajstić information content (AvgIpc) is 3.11. The lowest BCUT2D eigenvalue weighted by Gasteiger charge is -2.16. The molecule has 2 aromatic heterocycles. The summed E-state index contributed by atoms with van der Waals surface area (Å²) in [5.41, 5.74) is 3.47. The van der Waals surface area contributed by atoms with Crippen molar-refractivity contribution in [2.24, 2.45) is 7.05 Å². The van der Waals surface area contributed by atoms with E-state index in [2.05, 4.69) is 24.2 Å². The Morgan fingerprint density at radius 2 is 1.83 bits per heavy atom. The van der Waals surface area contributed by atoms with Crippen molar-refractivity contribution in [1.29, 1.82) is 0 Å². The van der Waals surface area contributed by atoms with Gasteiger partial charge < -0.3 is 4.74 Å². The molecule has 2 aromatic carbocycles. The van der Waals surface area contributed by atoms with Crippen molar-refractivity contribution < 1.29 is 4.74 Å². The van der Waals surface area contributed by atoms with Crippen LogP contribution in [0.15, 0.2) is 70.7 Å². The van der Waals surface area contributed by atoms with Crippen LogP contribution in [-0.4, -0.2) is 26.4 Å². The molecule has 4 aromatic rings. The first-order valence-electron chi connectivity index (χ1n) is 9.33. The number of hydrogen-bond donors (Lipinski definition) is 0. The Hall–Kier alpha value is -2.90. The first kappa shape index (κ1) is 19.4. The van der Waals surface area contributed by atoms with Crippen LogP contribution < -0.4 is 5.56 Å². The number of thioether (sulfide) groups is 1. The number of aryl methyl sites for hydroxylation is 1. The third-order valence-corrected chi connectivity index (χ3v) is 5.90. The normalized spacial score (nSPS) is 12.4. The van der Waals surface area contributed by atoms with Gasteiger partial charge in [-0.1, -0.05) is 54.2 Å². The van der Waals surface area contributed by atoms with E-state index >= 15 is 0 Å². The van der Waals surface area contributed by atoms with E-state index in [9.17, 15) is 4.79 Å². The summed E-state index contributed by atoms with van der Waals surface area (Å²) in [6.45, 7) is 2.65. The van der Waals surface area contributed by atoms with Crippen molar-refractivity contribution in [1.82, 2.24) is 19.3 Å². The lowest BCUT2D eigenvalue weighted by atomic mass is 10.2. The first-order valence-corrected chi connectivity index (χ1v) is 10.2. The maximum absolute atomic E-state index is 13.3. The van der Waals surface area contributed by atoms with Gasteiger partial charge in [-0.3, -0.25) is 14.0 Å². The van der Waals surface area contributed by atoms with Gasteiger partial charge in [0, 0.05) is 19.4 Å². The molecule has 148 valence electrons. The highest BCUT2D eigenvalue weighted by Crippen LogP contribution is 2.34. The molecular formula is C22H22N4O2S. The SMILES string of the molecule is COCc1ccc(-n2c(SC(C)c3ccccc3)nc3c(cnn3C)c2=O)cc1. The Balaban J connectivity index is 1.84. The summed E-state index contributed by atoms with van der Waals surface area (Å²) < 4.78 is 8.50. The highest BCUT2D eigenvalue weighted by molar-refractivity contribution is 7.99. The number of aromatic nitrogens is 4. The summed E-state index contributed by atoms with van der Waals surface area (Å²) >= 11 is 1.56. The molecule has 1 atom stereocenters. The topological polar surface area (TPSA) is 61.9 Å². The largest absolute Gasteiger partial charge is 0.380 e. The molecule has 0 aliphatic heterocycles. The Morgan fingerprint density at radius 1 is 1.10 bits per heavy atom. The van der Waals surface area contributed by atoms with Gasteiger partial charge in [0.25, 0.3) is 5.56 Å². The average molecular weight is 407 g/mol. The molecule has 0 aliphatic carbocycles. The molecule has 0 amide bonds. The molecule has 2 heterocycles. The van der Waals surface area contributed by atoms with Crippen molar-refractivity contribution in [3.05, 3.63) is 82.3 Å². The molecule has 0 radical (unpaired) electrons. The third-order valence-electron chi connectivity index (χ3n) is 4.79. The summed E-state index contributed by atoms with van der Waals surface area (Å²) in [5, 5.41) is 5.50. The maximum atomic E-state index is 13.3. The minimum atomic E-state index is -0.120. The second kappa shape index (κ2) is 8.23. The van der Waals surface area contributed by atoms with Crippen LogP contribution in [0.25, 0.3) is 16.7 Å². The van der Waals surface area contributed by atoms with Crippen LogP contribution >= 0.6 is 11.8 Å². The van der Waals surface area contributed by atoms with E-state index in [1.54, 1.807) is 41.4 Å². The highest BCUT2D eigenvalue weighted by Gasteiger charge is 2.18. The van der Waals surface area contributed by atoms with Crippen molar-refractivity contribution in [3.8, 4) is 5.69 Å². The zero-order chi connectivity index (χ0) is 20.4. The van der Waals surface area contributed by atoms with Crippen LogP contribution in [0.3, 0.4) is 0 Å². The Bertz CT molecular complexity index is 1180. The van der Waals surface area contributed by atoms with Crippen LogP contribution in [0.1, 0.15) is 23.3 Å². The summed E-state index contributed by atoms with van der Waals surface area (Å²) in [7, 11) is 3.46. The number of ether oxygens (including phenoxy) is 1. The monoisotopic (exact) mass is 406 g/mol. The quantitative estimate of drug-likeness (QED) is 0.356. The molecule has 0 N–H and O–H groups in total. The molecular weight excluding hydrogens is 384 g/mol. The van der Waals surface area contributed by atoms with E-state index in [-0.39, 0.29) is 10.8 Å². The van der Waals surface area contributed by atoms with E-state index in [0.29, 0.717) is 22.8 Å². The van der Waals surface area contributed by atoms with E-state index in [0.717, 1.165) is 11.3 Å². The van der Waals surface area contributed by atoms with Gasteiger partial charge in [0.2, 0.25) is 0 Å². The van der Waals surface area contributed by atoms with E-state index in [4.69, 9.17) is 9.72 Å². The van der Waals surface area contributed by atoms with Crippen LogP contribution in [-0.2, 0) is 18.4 Å². The minimum Gasteiger partial charge on any atom is -0.380 e. The van der Waals surface area contributed by atoms with Crippen LogP contribution in [0.2, 0.25) is 0 Å². The standard InChI is InChI=1S/C22H22N4O2S/c1-15(17-7-5-4-6-8-17)29-22-24-20-19(13-23-25(20)2)21(27)26(22)18-11-9-16(10-12-18)14-28-3/h4-13,15H,14H2,1-3H3. The summed E-state index contributed by atoms with van der Waals surface area (Å²) in [4.78, 5) is 18.1. The summed E-state index contributed by atoms with van der Waals surface area (Å²) in [5.74, 6) is 0. The molecule has 0 fully saturated rings. The van der Waals surface area contributed by atoms with E-state index in [1.165, 1.54) is 5.56 Å². The third kappa shape index (κ3) is 3.83. The maximum Gasteiger partial charge on any atom is 0.269 e. The van der Waals surface area contributed by atoms with Gasteiger partial charge in [-0.15, -0.1) is 0 Å². The smallest absolute Gasteiger partial charge is 0.269 e. The summed E-state index contributed by atoms with van der Waals surface area (Å²) in [6, 6.07) is 18.0. The van der Waals surface area contributed by atoms with Crippen LogP contribution in [0.4, 0.5) is 0 Å². The zero-order valence-electron chi connectivity index (χ0n) is 16.6. The number of hydrogen-bond acceptors (Lipinski definition) is 5. The molecule has 29 heavy (non-hydrogen) atoms. The highest BCUT2D eigenvalue weighted by atomic mass is 32.2. The number of benzene rings is 2. The first-order chi connectivity index (χ1) is 14.1. The lowest BCUT2D eigenvalue weighted by molar-refractivity contribution is 0.185. The van der Waals surface area contributed by atoms with Crippen molar-refractivity contribution in [2.45, 2.75) is 23.9 Å².